The minimum Gasteiger partial charge on any atom is -0.444 e. The fourth-order valence-corrected chi connectivity index (χ4v) is 2.10. The highest BCUT2D eigenvalue weighted by atomic mass is 16.6. The van der Waals surface area contributed by atoms with Gasteiger partial charge in [-0.2, -0.15) is 0 Å². The molecule has 1 fully saturated rings. The van der Waals surface area contributed by atoms with Crippen LogP contribution in [0.5, 0.6) is 0 Å². The average molecular weight is 286 g/mol. The molecular formula is C14H26N2O4. The van der Waals surface area contributed by atoms with Crippen LogP contribution in [0.3, 0.4) is 0 Å². The molecule has 2 N–H and O–H groups in total. The van der Waals surface area contributed by atoms with Crippen molar-refractivity contribution in [2.45, 2.75) is 52.7 Å². The lowest BCUT2D eigenvalue weighted by molar-refractivity contribution is -0.128. The highest BCUT2D eigenvalue weighted by Gasteiger charge is 2.32. The molecular weight excluding hydrogens is 260 g/mol. The highest BCUT2D eigenvalue weighted by molar-refractivity contribution is 5.79. The molecule has 0 spiro atoms. The van der Waals surface area contributed by atoms with Crippen LogP contribution in [0.4, 0.5) is 4.79 Å². The van der Waals surface area contributed by atoms with Crippen LogP contribution in [0.15, 0.2) is 0 Å². The second-order valence-electron chi connectivity index (χ2n) is 7.15. The van der Waals surface area contributed by atoms with Crippen molar-refractivity contribution in [3.63, 3.8) is 0 Å². The van der Waals surface area contributed by atoms with Gasteiger partial charge >= 0.3 is 6.09 Å². The first-order valence-corrected chi connectivity index (χ1v) is 6.91. The maximum absolute atomic E-state index is 11.6. The van der Waals surface area contributed by atoms with Crippen molar-refractivity contribution in [1.82, 2.24) is 10.2 Å². The van der Waals surface area contributed by atoms with Crippen LogP contribution < -0.4 is 5.32 Å². The van der Waals surface area contributed by atoms with E-state index in [2.05, 4.69) is 5.32 Å². The quantitative estimate of drug-likeness (QED) is 0.812. The van der Waals surface area contributed by atoms with Gasteiger partial charge in [0, 0.05) is 19.6 Å². The standard InChI is InChI=1S/C14H26N2O4/c1-13(2,3)20-12(19)15-8-14(4,5)9-16-7-10(17)6-11(16)18/h10,17H,6-9H2,1-5H3,(H,15,19). The number of aliphatic hydroxyl groups is 1. The highest BCUT2D eigenvalue weighted by Crippen LogP contribution is 2.20. The normalized spacial score (nSPS) is 20.2. The molecule has 0 aromatic rings. The van der Waals surface area contributed by atoms with Crippen molar-refractivity contribution >= 4 is 12.0 Å². The number of ether oxygens (including phenoxy) is 1. The van der Waals surface area contributed by atoms with E-state index in [4.69, 9.17) is 4.74 Å². The lowest BCUT2D eigenvalue weighted by Gasteiger charge is -2.30. The number of β-amino-alcohol motifs (C(OH)–C–C–N with tert-alkyl or cyclic N) is 1. The molecule has 0 aliphatic carbocycles. The summed E-state index contributed by atoms with van der Waals surface area (Å²) in [5.74, 6) is -0.0390. The Morgan fingerprint density at radius 2 is 2.00 bits per heavy atom. The zero-order chi connectivity index (χ0) is 15.6. The number of amides is 2. The lowest BCUT2D eigenvalue weighted by atomic mass is 9.93. The summed E-state index contributed by atoms with van der Waals surface area (Å²) in [5.41, 5.74) is -0.806. The molecule has 20 heavy (non-hydrogen) atoms. The minimum absolute atomic E-state index is 0.0390. The number of nitrogens with zero attached hydrogens (tertiary/aromatic N) is 1. The molecule has 1 aliphatic heterocycles. The summed E-state index contributed by atoms with van der Waals surface area (Å²) in [4.78, 5) is 24.9. The van der Waals surface area contributed by atoms with Gasteiger partial charge < -0.3 is 20.1 Å². The van der Waals surface area contributed by atoms with E-state index in [1.54, 1.807) is 4.90 Å². The summed E-state index contributed by atoms with van der Waals surface area (Å²) >= 11 is 0. The Morgan fingerprint density at radius 3 is 2.45 bits per heavy atom. The molecule has 116 valence electrons. The van der Waals surface area contributed by atoms with Gasteiger partial charge in [-0.05, 0) is 26.2 Å². The van der Waals surface area contributed by atoms with E-state index in [0.717, 1.165) is 0 Å². The van der Waals surface area contributed by atoms with Crippen LogP contribution >= 0.6 is 0 Å². The first kappa shape index (κ1) is 16.8. The molecule has 1 heterocycles. The molecule has 1 saturated heterocycles. The van der Waals surface area contributed by atoms with Gasteiger partial charge in [-0.25, -0.2) is 4.79 Å². The van der Waals surface area contributed by atoms with Gasteiger partial charge in [0.2, 0.25) is 5.91 Å². The number of nitrogens with one attached hydrogen (secondary N) is 1. The van der Waals surface area contributed by atoms with Gasteiger partial charge in [0.1, 0.15) is 5.60 Å². The molecule has 0 radical (unpaired) electrons. The molecule has 0 bridgehead atoms. The monoisotopic (exact) mass is 286 g/mol. The first-order valence-electron chi connectivity index (χ1n) is 6.91. The maximum atomic E-state index is 11.6. The minimum atomic E-state index is -0.572. The van der Waals surface area contributed by atoms with Crippen molar-refractivity contribution in [3.05, 3.63) is 0 Å². The van der Waals surface area contributed by atoms with Crippen molar-refractivity contribution in [1.29, 1.82) is 0 Å². The van der Waals surface area contributed by atoms with E-state index in [1.807, 2.05) is 34.6 Å². The predicted octanol–water partition coefficient (Wildman–Crippen LogP) is 1.13. The smallest absolute Gasteiger partial charge is 0.407 e. The van der Waals surface area contributed by atoms with E-state index < -0.39 is 17.8 Å². The van der Waals surface area contributed by atoms with Crippen molar-refractivity contribution < 1.29 is 19.4 Å². The van der Waals surface area contributed by atoms with Crippen LogP contribution in [0.2, 0.25) is 0 Å². The predicted molar refractivity (Wildman–Crippen MR) is 75.2 cm³/mol. The zero-order valence-corrected chi connectivity index (χ0v) is 13.0. The van der Waals surface area contributed by atoms with Gasteiger partial charge in [0.15, 0.2) is 0 Å². The summed E-state index contributed by atoms with van der Waals surface area (Å²) in [5, 5.41) is 12.2. The summed E-state index contributed by atoms with van der Waals surface area (Å²) < 4.78 is 5.17. The second-order valence-corrected chi connectivity index (χ2v) is 7.15. The fourth-order valence-electron chi connectivity index (χ4n) is 2.10. The number of aliphatic hydroxyl groups excluding tert-OH is 1. The summed E-state index contributed by atoms with van der Waals surface area (Å²) in [6.45, 7) is 10.6. The Balaban J connectivity index is 2.42. The summed E-state index contributed by atoms with van der Waals surface area (Å²) in [6.07, 6.45) is -0.842. The number of alkyl carbamates (subject to hydrolysis) is 1. The molecule has 1 atom stereocenters. The Hall–Kier alpha value is -1.30. The maximum Gasteiger partial charge on any atom is 0.407 e. The van der Waals surface area contributed by atoms with Gasteiger partial charge in [-0.3, -0.25) is 4.79 Å². The Labute approximate surface area is 120 Å². The molecule has 2 amide bonds. The van der Waals surface area contributed by atoms with Crippen molar-refractivity contribution in [2.75, 3.05) is 19.6 Å². The van der Waals surface area contributed by atoms with Gasteiger partial charge in [-0.15, -0.1) is 0 Å². The molecule has 0 aromatic carbocycles. The molecule has 0 aromatic heterocycles. The second kappa shape index (κ2) is 5.99. The van der Waals surface area contributed by atoms with Crippen LogP contribution in [0, 0.1) is 5.41 Å². The first-order chi connectivity index (χ1) is 8.98. The molecule has 0 saturated carbocycles. The van der Waals surface area contributed by atoms with Crippen LogP contribution in [0.25, 0.3) is 0 Å². The van der Waals surface area contributed by atoms with E-state index in [0.29, 0.717) is 19.6 Å². The molecule has 1 unspecified atom stereocenters. The SMILES string of the molecule is CC(C)(CNC(=O)OC(C)(C)C)CN1CC(O)CC1=O. The van der Waals surface area contributed by atoms with Crippen LogP contribution in [-0.4, -0.2) is 53.3 Å². The average Bonchev–Trinajstić information content (AvgIpc) is 2.51. The fraction of sp³-hybridized carbons (Fsp3) is 0.857. The van der Waals surface area contributed by atoms with E-state index >= 15 is 0 Å². The molecule has 6 heteroatoms. The zero-order valence-electron chi connectivity index (χ0n) is 13.0. The molecule has 1 rings (SSSR count). The Morgan fingerprint density at radius 1 is 1.40 bits per heavy atom. The number of hydrogen-bond donors (Lipinski definition) is 2. The largest absolute Gasteiger partial charge is 0.444 e. The van der Waals surface area contributed by atoms with Crippen molar-refractivity contribution in [2.24, 2.45) is 5.41 Å². The van der Waals surface area contributed by atoms with Gasteiger partial charge in [-0.1, -0.05) is 13.8 Å². The summed E-state index contributed by atoms with van der Waals surface area (Å²) in [7, 11) is 0. The Kier molecular flexibility index (Phi) is 5.02. The van der Waals surface area contributed by atoms with E-state index in [-0.39, 0.29) is 17.7 Å². The van der Waals surface area contributed by atoms with Crippen LogP contribution in [-0.2, 0) is 9.53 Å². The number of hydrogen-bond acceptors (Lipinski definition) is 4. The third kappa shape index (κ3) is 5.77. The van der Waals surface area contributed by atoms with Gasteiger partial charge in [0.25, 0.3) is 0 Å². The Bertz CT molecular complexity index is 374. The van der Waals surface area contributed by atoms with Crippen LogP contribution in [0.1, 0.15) is 41.0 Å². The van der Waals surface area contributed by atoms with Gasteiger partial charge in [0.05, 0.1) is 12.5 Å². The third-order valence-electron chi connectivity index (χ3n) is 2.92. The molecule has 6 nitrogen and oxygen atoms in total. The number of likely N-dealkylation sites (tertiary alicyclic amines) is 1. The number of carbonyl (C=O) groups is 2. The van der Waals surface area contributed by atoms with E-state index in [1.165, 1.54) is 0 Å². The number of rotatable bonds is 4. The topological polar surface area (TPSA) is 78.9 Å². The lowest BCUT2D eigenvalue weighted by Crippen LogP contribution is -2.44. The third-order valence-corrected chi connectivity index (χ3v) is 2.92. The van der Waals surface area contributed by atoms with E-state index in [9.17, 15) is 14.7 Å². The number of carbonyl (C=O) groups excluding carboxylic acids is 2. The molecule has 1 aliphatic rings. The summed E-state index contributed by atoms with van der Waals surface area (Å²) in [6, 6.07) is 0. The van der Waals surface area contributed by atoms with Crippen molar-refractivity contribution in [3.8, 4) is 0 Å².